The molecule has 0 aliphatic carbocycles. The molecular formula is C19H14ClNO3S2. The largest absolute Gasteiger partial charge is 0.268 e. The molecule has 0 unspecified atom stereocenters. The molecule has 0 saturated carbocycles. The van der Waals surface area contributed by atoms with E-state index in [9.17, 15) is 12.6 Å². The first kappa shape index (κ1) is 17.3. The summed E-state index contributed by atoms with van der Waals surface area (Å²) in [6, 6.07) is 18.2. The number of hydrogen-bond acceptors (Lipinski definition) is 3. The third-order valence-corrected chi connectivity index (χ3v) is 7.65. The highest BCUT2D eigenvalue weighted by molar-refractivity contribution is 7.93. The monoisotopic (exact) mass is 403 g/mol. The van der Waals surface area contributed by atoms with E-state index in [0.29, 0.717) is 26.2 Å². The fourth-order valence-corrected chi connectivity index (χ4v) is 6.03. The number of benzene rings is 3. The van der Waals surface area contributed by atoms with E-state index in [1.165, 1.54) is 10.4 Å². The third kappa shape index (κ3) is 2.65. The van der Waals surface area contributed by atoms with Crippen molar-refractivity contribution >= 4 is 43.8 Å². The zero-order valence-electron chi connectivity index (χ0n) is 13.7. The number of fused-ring (bicyclic) bond motifs is 2. The van der Waals surface area contributed by atoms with Gasteiger partial charge >= 0.3 is 0 Å². The maximum atomic E-state index is 13.4. The van der Waals surface area contributed by atoms with Gasteiger partial charge in [-0.3, -0.25) is 0 Å². The van der Waals surface area contributed by atoms with Crippen LogP contribution in [0.4, 0.5) is 11.4 Å². The van der Waals surface area contributed by atoms with Crippen LogP contribution in [0.5, 0.6) is 0 Å². The van der Waals surface area contributed by atoms with Crippen LogP contribution in [0.15, 0.2) is 81.4 Å². The van der Waals surface area contributed by atoms with Crippen molar-refractivity contribution in [3.8, 4) is 0 Å². The highest BCUT2D eigenvalue weighted by Gasteiger charge is 2.36. The summed E-state index contributed by atoms with van der Waals surface area (Å²) >= 11 is 6.11. The van der Waals surface area contributed by atoms with Gasteiger partial charge in [0, 0.05) is 5.02 Å². The summed E-state index contributed by atoms with van der Waals surface area (Å²) < 4.78 is 41.0. The minimum atomic E-state index is -3.91. The number of anilines is 2. The predicted octanol–water partition coefficient (Wildman–Crippen LogP) is 4.66. The first-order chi connectivity index (χ1) is 12.4. The average Bonchev–Trinajstić information content (AvgIpc) is 2.62. The van der Waals surface area contributed by atoms with E-state index >= 15 is 0 Å². The van der Waals surface area contributed by atoms with Crippen LogP contribution in [0.2, 0.25) is 5.02 Å². The van der Waals surface area contributed by atoms with Crippen LogP contribution >= 0.6 is 11.6 Å². The molecule has 3 aromatic rings. The van der Waals surface area contributed by atoms with E-state index in [1.807, 2.05) is 6.92 Å². The van der Waals surface area contributed by atoms with Gasteiger partial charge in [0.2, 0.25) is 0 Å². The van der Waals surface area contributed by atoms with Gasteiger partial charge in [-0.1, -0.05) is 41.4 Å². The number of nitrogens with zero attached hydrogens (tertiary/aromatic N) is 1. The molecule has 1 aliphatic rings. The Bertz CT molecular complexity index is 1140. The van der Waals surface area contributed by atoms with Crippen LogP contribution in [0.1, 0.15) is 5.56 Å². The zero-order chi connectivity index (χ0) is 18.5. The van der Waals surface area contributed by atoms with E-state index in [2.05, 4.69) is 0 Å². The van der Waals surface area contributed by atoms with Crippen LogP contribution < -0.4 is 4.31 Å². The summed E-state index contributed by atoms with van der Waals surface area (Å²) in [4.78, 5) is 1.04. The van der Waals surface area contributed by atoms with E-state index in [0.717, 1.165) is 5.56 Å². The van der Waals surface area contributed by atoms with Gasteiger partial charge in [-0.05, 0) is 49.4 Å². The lowest BCUT2D eigenvalue weighted by atomic mass is 10.2. The van der Waals surface area contributed by atoms with E-state index < -0.39 is 20.8 Å². The van der Waals surface area contributed by atoms with Gasteiger partial charge in [0.1, 0.15) is 0 Å². The molecule has 0 amide bonds. The normalized spacial score (nSPS) is 16.1. The van der Waals surface area contributed by atoms with Crippen LogP contribution in [0.3, 0.4) is 0 Å². The fourth-order valence-electron chi connectivity index (χ4n) is 2.91. The smallest absolute Gasteiger partial charge is 0.249 e. The molecule has 4 nitrogen and oxygen atoms in total. The minimum Gasteiger partial charge on any atom is -0.249 e. The number of rotatable bonds is 2. The summed E-state index contributed by atoms with van der Waals surface area (Å²) in [5.41, 5.74) is 1.66. The van der Waals surface area contributed by atoms with Gasteiger partial charge in [0.05, 0.1) is 36.9 Å². The van der Waals surface area contributed by atoms with Crippen LogP contribution in [-0.4, -0.2) is 12.6 Å². The summed E-state index contributed by atoms with van der Waals surface area (Å²) in [7, 11) is -5.38. The second-order valence-corrected chi connectivity index (χ2v) is 9.57. The average molecular weight is 404 g/mol. The van der Waals surface area contributed by atoms with Crippen molar-refractivity contribution in [2.75, 3.05) is 4.31 Å². The van der Waals surface area contributed by atoms with Crippen LogP contribution in [0, 0.1) is 6.92 Å². The molecule has 132 valence electrons. The molecule has 0 N–H and O–H groups in total. The number of hydrogen-bond donors (Lipinski definition) is 0. The van der Waals surface area contributed by atoms with Crippen molar-refractivity contribution in [2.24, 2.45) is 0 Å². The summed E-state index contributed by atoms with van der Waals surface area (Å²) in [6.45, 7) is 1.89. The van der Waals surface area contributed by atoms with Gasteiger partial charge in [-0.15, -0.1) is 0 Å². The lowest BCUT2D eigenvalue weighted by Crippen LogP contribution is -2.30. The standard InChI is InChI=1S/C19H14ClNO3S2/c1-13-6-9-15(10-7-13)26(23,24)21-16-4-2-3-5-18(16)25(22)19-11-8-14(20)12-17(19)21/h2-12H,1H3/t25-/m0/s1. The van der Waals surface area contributed by atoms with E-state index in [1.54, 1.807) is 60.7 Å². The van der Waals surface area contributed by atoms with Crippen molar-refractivity contribution in [3.63, 3.8) is 0 Å². The first-order valence-corrected chi connectivity index (χ1v) is 10.8. The first-order valence-electron chi connectivity index (χ1n) is 7.82. The van der Waals surface area contributed by atoms with Crippen molar-refractivity contribution in [1.29, 1.82) is 0 Å². The Kier molecular flexibility index (Phi) is 4.14. The minimum absolute atomic E-state index is 0.163. The molecule has 3 aromatic carbocycles. The van der Waals surface area contributed by atoms with Gasteiger partial charge in [0.25, 0.3) is 10.0 Å². The highest BCUT2D eigenvalue weighted by atomic mass is 35.5. The Morgan fingerprint density at radius 1 is 0.885 bits per heavy atom. The molecule has 0 bridgehead atoms. The molecule has 1 atom stereocenters. The predicted molar refractivity (Wildman–Crippen MR) is 103 cm³/mol. The molecule has 0 radical (unpaired) electrons. The number of halogens is 1. The second kappa shape index (κ2) is 6.23. The number of sulfonamides is 1. The number of para-hydroxylation sites is 1. The highest BCUT2D eigenvalue weighted by Crippen LogP contribution is 2.45. The Balaban J connectivity index is 2.02. The Labute approximate surface area is 159 Å². The van der Waals surface area contributed by atoms with Gasteiger partial charge < -0.3 is 0 Å². The zero-order valence-corrected chi connectivity index (χ0v) is 16.1. The van der Waals surface area contributed by atoms with Gasteiger partial charge in [0.15, 0.2) is 0 Å². The Morgan fingerprint density at radius 2 is 1.54 bits per heavy atom. The molecule has 4 rings (SSSR count). The summed E-state index contributed by atoms with van der Waals surface area (Å²) in [5, 5.41) is 0.379. The number of aryl methyl sites for hydroxylation is 1. The van der Waals surface area contributed by atoms with Gasteiger partial charge in [-0.25, -0.2) is 16.9 Å². The maximum absolute atomic E-state index is 13.4. The van der Waals surface area contributed by atoms with Crippen LogP contribution in [-0.2, 0) is 20.8 Å². The molecule has 0 spiro atoms. The van der Waals surface area contributed by atoms with Crippen molar-refractivity contribution in [2.45, 2.75) is 21.6 Å². The van der Waals surface area contributed by atoms with Crippen molar-refractivity contribution in [1.82, 2.24) is 0 Å². The SMILES string of the molecule is Cc1ccc(S(=O)(=O)N2c3ccccc3[S@](=O)c3ccc(Cl)cc32)cc1. The third-order valence-electron chi connectivity index (χ3n) is 4.18. The molecule has 26 heavy (non-hydrogen) atoms. The van der Waals surface area contributed by atoms with E-state index in [-0.39, 0.29) is 4.90 Å². The molecule has 0 saturated heterocycles. The fraction of sp³-hybridized carbons (Fsp3) is 0.0526. The van der Waals surface area contributed by atoms with Crippen molar-refractivity contribution in [3.05, 3.63) is 77.3 Å². The topological polar surface area (TPSA) is 54.5 Å². The second-order valence-electron chi connectivity index (χ2n) is 5.93. The molecule has 1 aliphatic heterocycles. The lowest BCUT2D eigenvalue weighted by molar-refractivity contribution is 0.595. The van der Waals surface area contributed by atoms with E-state index in [4.69, 9.17) is 11.6 Å². The molecular weight excluding hydrogens is 390 g/mol. The quantitative estimate of drug-likeness (QED) is 0.625. The Morgan fingerprint density at radius 3 is 2.27 bits per heavy atom. The lowest BCUT2D eigenvalue weighted by Gasteiger charge is -2.31. The Hall–Kier alpha value is -2.15. The van der Waals surface area contributed by atoms with Gasteiger partial charge in [-0.2, -0.15) is 0 Å². The molecule has 1 heterocycles. The molecule has 7 heteroatoms. The summed E-state index contributed by atoms with van der Waals surface area (Å²) in [6.07, 6.45) is 0. The molecule has 0 aromatic heterocycles. The summed E-state index contributed by atoms with van der Waals surface area (Å²) in [5.74, 6) is 0. The van der Waals surface area contributed by atoms with Crippen molar-refractivity contribution < 1.29 is 12.6 Å². The van der Waals surface area contributed by atoms with Crippen LogP contribution in [0.25, 0.3) is 0 Å². The maximum Gasteiger partial charge on any atom is 0.268 e. The molecule has 0 fully saturated rings.